The number of aliphatic hydroxyl groups is 1. The molecule has 0 atom stereocenters. The molecule has 0 amide bonds. The Morgan fingerprint density at radius 1 is 0.640 bits per heavy atom. The first-order valence-corrected chi connectivity index (χ1v) is 14.2. The molecule has 1 nitrogen and oxygen atoms in total. The van der Waals surface area contributed by atoms with E-state index in [9.17, 15) is 5.11 Å². The van der Waals surface area contributed by atoms with E-state index in [1.165, 1.54) is 0 Å². The molecule has 0 aliphatic carbocycles. The summed E-state index contributed by atoms with van der Waals surface area (Å²) in [6.07, 6.45) is 12.2. The lowest BCUT2D eigenvalue weighted by Gasteiger charge is -2.45. The summed E-state index contributed by atoms with van der Waals surface area (Å²) in [4.78, 5) is 0. The van der Waals surface area contributed by atoms with Crippen LogP contribution in [0.3, 0.4) is 0 Å². The van der Waals surface area contributed by atoms with E-state index < -0.39 is 16.1 Å². The molecular weight excluding hydrogens is 336 g/mol. The number of allylic oxidation sites excluding steroid dienone is 6. The number of hydrogen-bond acceptors (Lipinski definition) is 1. The summed E-state index contributed by atoms with van der Waals surface area (Å²) >= 11 is 0. The van der Waals surface area contributed by atoms with Crippen LogP contribution in [-0.2, 0) is 0 Å². The van der Waals surface area contributed by atoms with Crippen molar-refractivity contribution in [2.75, 3.05) is 6.61 Å². The average molecular weight is 371 g/mol. The standard InChI is InChI=1S/C22H34OSi2/c1-7-16-24(17-8-2,18-9-3)22(14-13-15-23)25(19-10-4,20-11-5)21-12-6/h7-12,22-23H,1-6,15-21H2. The molecule has 0 aromatic rings. The Morgan fingerprint density at radius 3 is 1.12 bits per heavy atom. The minimum Gasteiger partial charge on any atom is -0.384 e. The minimum absolute atomic E-state index is 0.113. The summed E-state index contributed by atoms with van der Waals surface area (Å²) in [6, 6.07) is 5.81. The molecule has 0 heterocycles. The van der Waals surface area contributed by atoms with Crippen LogP contribution in [-0.4, -0.2) is 27.9 Å². The first kappa shape index (κ1) is 23.4. The van der Waals surface area contributed by atoms with Crippen LogP contribution in [0.5, 0.6) is 0 Å². The topological polar surface area (TPSA) is 20.2 Å². The smallest absolute Gasteiger partial charge is 0.104 e. The molecule has 0 aromatic carbocycles. The lowest BCUT2D eigenvalue weighted by Crippen LogP contribution is -2.52. The third-order valence-electron chi connectivity index (χ3n) is 4.86. The van der Waals surface area contributed by atoms with E-state index in [0.717, 1.165) is 36.3 Å². The van der Waals surface area contributed by atoms with Crippen molar-refractivity contribution >= 4 is 16.1 Å². The third kappa shape index (κ3) is 6.32. The van der Waals surface area contributed by atoms with Crippen molar-refractivity contribution in [3.05, 3.63) is 75.9 Å². The van der Waals surface area contributed by atoms with Crippen molar-refractivity contribution in [1.29, 1.82) is 0 Å². The van der Waals surface area contributed by atoms with Crippen molar-refractivity contribution in [3.63, 3.8) is 0 Å². The molecule has 0 saturated carbocycles. The van der Waals surface area contributed by atoms with Gasteiger partial charge in [-0.25, -0.2) is 0 Å². The minimum atomic E-state index is -1.93. The summed E-state index contributed by atoms with van der Waals surface area (Å²) in [7, 11) is -3.86. The van der Waals surface area contributed by atoms with Gasteiger partial charge in [-0.15, -0.1) is 45.4 Å². The fourth-order valence-corrected chi connectivity index (χ4v) is 18.0. The zero-order chi connectivity index (χ0) is 19.2. The predicted octanol–water partition coefficient (Wildman–Crippen LogP) is 5.91. The Balaban J connectivity index is 6.59. The molecule has 136 valence electrons. The fourth-order valence-electron chi connectivity index (χ4n) is 4.04. The van der Waals surface area contributed by atoms with Crippen molar-refractivity contribution in [3.8, 4) is 11.8 Å². The fraction of sp³-hybridized carbons (Fsp3) is 0.364. The van der Waals surface area contributed by atoms with Gasteiger partial charge >= 0.3 is 0 Å². The van der Waals surface area contributed by atoms with Crippen molar-refractivity contribution in [1.82, 2.24) is 0 Å². The molecular formula is C22H34OSi2. The van der Waals surface area contributed by atoms with Gasteiger partial charge in [-0.3, -0.25) is 0 Å². The predicted molar refractivity (Wildman–Crippen MR) is 120 cm³/mol. The third-order valence-corrected chi connectivity index (χ3v) is 17.9. The largest absolute Gasteiger partial charge is 0.384 e. The summed E-state index contributed by atoms with van der Waals surface area (Å²) in [5.74, 6) is 6.48. The van der Waals surface area contributed by atoms with Crippen LogP contribution in [0.2, 0.25) is 41.4 Å². The Hall–Kier alpha value is -1.61. The summed E-state index contributed by atoms with van der Waals surface area (Å²) < 4.78 is 0. The van der Waals surface area contributed by atoms with Gasteiger partial charge < -0.3 is 5.11 Å². The molecule has 1 N–H and O–H groups in total. The number of rotatable bonds is 14. The Kier molecular flexibility index (Phi) is 11.9. The van der Waals surface area contributed by atoms with Gasteiger partial charge in [-0.2, -0.15) is 0 Å². The monoisotopic (exact) mass is 370 g/mol. The molecule has 25 heavy (non-hydrogen) atoms. The lowest BCUT2D eigenvalue weighted by molar-refractivity contribution is 0.350. The van der Waals surface area contributed by atoms with E-state index in [2.05, 4.69) is 51.3 Å². The van der Waals surface area contributed by atoms with Crippen molar-refractivity contribution < 1.29 is 5.11 Å². The highest BCUT2D eigenvalue weighted by molar-refractivity contribution is 7.01. The summed E-state index contributed by atoms with van der Waals surface area (Å²) in [5, 5.41) is 9.64. The molecule has 0 saturated heterocycles. The lowest BCUT2D eigenvalue weighted by atomic mass is 10.6. The van der Waals surface area contributed by atoms with Gasteiger partial charge in [0, 0.05) is 5.16 Å². The van der Waals surface area contributed by atoms with E-state index in [1.807, 2.05) is 36.5 Å². The van der Waals surface area contributed by atoms with Crippen molar-refractivity contribution in [2.24, 2.45) is 0 Å². The van der Waals surface area contributed by atoms with Crippen LogP contribution >= 0.6 is 0 Å². The normalized spacial score (nSPS) is 11.1. The Labute approximate surface area is 157 Å². The Morgan fingerprint density at radius 2 is 0.920 bits per heavy atom. The van der Waals surface area contributed by atoms with E-state index in [1.54, 1.807) is 0 Å². The first-order chi connectivity index (χ1) is 12.1. The molecule has 0 rings (SSSR count). The molecule has 3 heteroatoms. The molecule has 0 unspecified atom stereocenters. The second kappa shape index (κ2) is 12.7. The van der Waals surface area contributed by atoms with E-state index in [-0.39, 0.29) is 11.8 Å². The van der Waals surface area contributed by atoms with Crippen LogP contribution in [0, 0.1) is 11.8 Å². The highest BCUT2D eigenvalue weighted by atomic mass is 28.4. The zero-order valence-electron chi connectivity index (χ0n) is 15.7. The van der Waals surface area contributed by atoms with Gasteiger partial charge in [-0.1, -0.05) is 42.4 Å². The average Bonchev–Trinajstić information content (AvgIpc) is 2.56. The van der Waals surface area contributed by atoms with Crippen LogP contribution < -0.4 is 0 Å². The highest BCUT2D eigenvalue weighted by Crippen LogP contribution is 2.46. The van der Waals surface area contributed by atoms with Gasteiger partial charge in [0.05, 0.1) is 16.1 Å². The number of hydrogen-bond donors (Lipinski definition) is 1. The van der Waals surface area contributed by atoms with E-state index in [0.29, 0.717) is 0 Å². The maximum Gasteiger partial charge on any atom is 0.104 e. The maximum absolute atomic E-state index is 9.36. The molecule has 0 aliphatic rings. The van der Waals surface area contributed by atoms with E-state index in [4.69, 9.17) is 0 Å². The molecule has 0 aromatic heterocycles. The maximum atomic E-state index is 9.36. The SMILES string of the molecule is C=CC[Si](CC=C)(CC=C)C(C#CCO)[Si](CC=C)(CC=C)CC=C. The first-order valence-electron chi connectivity index (χ1n) is 8.81. The van der Waals surface area contributed by atoms with Gasteiger partial charge in [0.15, 0.2) is 0 Å². The van der Waals surface area contributed by atoms with Gasteiger partial charge in [-0.05, 0) is 36.3 Å². The highest BCUT2D eigenvalue weighted by Gasteiger charge is 2.49. The van der Waals surface area contributed by atoms with Crippen molar-refractivity contribution in [2.45, 2.75) is 41.4 Å². The molecule has 0 fully saturated rings. The van der Waals surface area contributed by atoms with Crippen LogP contribution in [0.25, 0.3) is 0 Å². The molecule has 0 bridgehead atoms. The summed E-state index contributed by atoms with van der Waals surface area (Å²) in [6.45, 7) is 24.0. The second-order valence-corrected chi connectivity index (χ2v) is 16.2. The summed E-state index contributed by atoms with van der Waals surface area (Å²) in [5.41, 5.74) is 0. The van der Waals surface area contributed by atoms with Gasteiger partial charge in [0.2, 0.25) is 0 Å². The van der Waals surface area contributed by atoms with Gasteiger partial charge in [0.25, 0.3) is 0 Å². The molecule has 0 spiro atoms. The quantitative estimate of drug-likeness (QED) is 0.229. The second-order valence-electron chi connectivity index (χ2n) is 6.59. The zero-order valence-corrected chi connectivity index (χ0v) is 17.7. The molecule has 0 radical (unpaired) electrons. The van der Waals surface area contributed by atoms with Crippen LogP contribution in [0.15, 0.2) is 75.9 Å². The Bertz CT molecular complexity index is 445. The van der Waals surface area contributed by atoms with E-state index >= 15 is 0 Å². The van der Waals surface area contributed by atoms with Gasteiger partial charge in [0.1, 0.15) is 6.61 Å². The van der Waals surface area contributed by atoms with Crippen LogP contribution in [0.4, 0.5) is 0 Å². The number of aliphatic hydroxyl groups excluding tert-OH is 1. The van der Waals surface area contributed by atoms with Crippen LogP contribution in [0.1, 0.15) is 0 Å². The molecule has 0 aliphatic heterocycles.